The maximum atomic E-state index is 13.3. The standard InChI is InChI=1S/C19H23N3O4/c1-4-9(2)22-16(24)13-14(17(22)25)19(21-15(13)10(3)23)11-7-5-6-8-12(11)20-18(19)26/h5-10,13-15,21,23H,4H2,1-3H3,(H,20,26)/p+1/t9-,10+,13-,14-,15+,19-/m0/s1. The molecule has 4 N–H and O–H groups in total. The number of hydrogen-bond donors (Lipinski definition) is 3. The summed E-state index contributed by atoms with van der Waals surface area (Å²) in [7, 11) is 0. The molecule has 2 saturated heterocycles. The third kappa shape index (κ3) is 1.92. The molecule has 3 amide bonds. The molecule has 1 aromatic carbocycles. The van der Waals surface area contributed by atoms with E-state index in [1.165, 1.54) is 4.90 Å². The topological polar surface area (TPSA) is 103 Å². The number of nitrogens with zero attached hydrogens (tertiary/aromatic N) is 1. The van der Waals surface area contributed by atoms with E-state index in [4.69, 9.17) is 0 Å². The highest BCUT2D eigenvalue weighted by Crippen LogP contribution is 2.49. The molecule has 2 fully saturated rings. The fourth-order valence-electron chi connectivity index (χ4n) is 4.92. The van der Waals surface area contributed by atoms with E-state index in [-0.39, 0.29) is 23.8 Å². The van der Waals surface area contributed by atoms with Crippen LogP contribution in [0.3, 0.4) is 0 Å². The van der Waals surface area contributed by atoms with Gasteiger partial charge in [0.05, 0.1) is 5.69 Å². The highest BCUT2D eigenvalue weighted by molar-refractivity contribution is 6.14. The minimum absolute atomic E-state index is 0.230. The van der Waals surface area contributed by atoms with Crippen molar-refractivity contribution in [2.75, 3.05) is 5.32 Å². The minimum atomic E-state index is -1.20. The third-order valence-corrected chi connectivity index (χ3v) is 6.33. The molecule has 7 nitrogen and oxygen atoms in total. The Morgan fingerprint density at radius 1 is 1.23 bits per heavy atom. The van der Waals surface area contributed by atoms with Crippen molar-refractivity contribution in [2.45, 2.75) is 50.9 Å². The van der Waals surface area contributed by atoms with Crippen LogP contribution in [0.5, 0.6) is 0 Å². The Hall–Kier alpha value is -2.25. The van der Waals surface area contributed by atoms with Gasteiger partial charge in [-0.2, -0.15) is 0 Å². The number of rotatable bonds is 3. The summed E-state index contributed by atoms with van der Waals surface area (Å²) >= 11 is 0. The Balaban J connectivity index is 1.90. The van der Waals surface area contributed by atoms with Gasteiger partial charge in [-0.25, -0.2) is 0 Å². The monoisotopic (exact) mass is 358 g/mol. The number of carbonyl (C=O) groups is 3. The van der Waals surface area contributed by atoms with E-state index in [1.807, 2.05) is 32.0 Å². The molecule has 0 saturated carbocycles. The lowest BCUT2D eigenvalue weighted by Crippen LogP contribution is -3.00. The number of nitrogens with two attached hydrogens (primary N) is 1. The van der Waals surface area contributed by atoms with Gasteiger partial charge in [0, 0.05) is 11.6 Å². The van der Waals surface area contributed by atoms with Crippen LogP contribution in [-0.4, -0.2) is 45.9 Å². The molecular weight excluding hydrogens is 334 g/mol. The van der Waals surface area contributed by atoms with Gasteiger partial charge >= 0.3 is 0 Å². The fourth-order valence-corrected chi connectivity index (χ4v) is 4.92. The van der Waals surface area contributed by atoms with Crippen LogP contribution < -0.4 is 10.6 Å². The summed E-state index contributed by atoms with van der Waals surface area (Å²) < 4.78 is 0. The van der Waals surface area contributed by atoms with E-state index in [0.717, 1.165) is 5.56 Å². The van der Waals surface area contributed by atoms with Gasteiger partial charge in [0.15, 0.2) is 0 Å². The summed E-state index contributed by atoms with van der Waals surface area (Å²) in [5.41, 5.74) is 0.189. The summed E-state index contributed by atoms with van der Waals surface area (Å²) in [5.74, 6) is -2.36. The SMILES string of the molecule is CC[C@H](C)N1C(=O)[C@@H]2[C@@H]([C@@H](C)O)[NH2+][C@]3(C(=O)Nc4ccccc43)[C@@H]2C1=O. The lowest BCUT2D eigenvalue weighted by Gasteiger charge is -2.29. The molecule has 6 atom stereocenters. The average molecular weight is 358 g/mol. The number of aliphatic hydroxyl groups excluding tert-OH is 1. The number of para-hydroxylation sites is 1. The normalized spacial score (nSPS) is 34.8. The van der Waals surface area contributed by atoms with Crippen LogP contribution in [0.15, 0.2) is 24.3 Å². The molecule has 0 aliphatic carbocycles. The fraction of sp³-hybridized carbons (Fsp3) is 0.526. The number of carbonyl (C=O) groups excluding carboxylic acids is 3. The van der Waals surface area contributed by atoms with Crippen molar-refractivity contribution < 1.29 is 24.8 Å². The molecule has 1 aromatic rings. The Morgan fingerprint density at radius 2 is 1.92 bits per heavy atom. The molecule has 0 bridgehead atoms. The number of imide groups is 1. The van der Waals surface area contributed by atoms with Gasteiger partial charge in [0.1, 0.15) is 24.0 Å². The van der Waals surface area contributed by atoms with Crippen molar-refractivity contribution in [3.05, 3.63) is 29.8 Å². The number of aliphatic hydroxyl groups is 1. The summed E-state index contributed by atoms with van der Waals surface area (Å²) in [4.78, 5) is 40.8. The second kappa shape index (κ2) is 5.62. The summed E-state index contributed by atoms with van der Waals surface area (Å²) in [6, 6.07) is 6.51. The smallest absolute Gasteiger partial charge is 0.291 e. The molecule has 7 heteroatoms. The summed E-state index contributed by atoms with van der Waals surface area (Å²) in [6.07, 6.45) is -0.175. The number of nitrogens with one attached hydrogen (secondary N) is 1. The first-order valence-corrected chi connectivity index (χ1v) is 9.16. The van der Waals surface area contributed by atoms with Crippen molar-refractivity contribution in [1.82, 2.24) is 4.90 Å². The molecule has 0 radical (unpaired) electrons. The zero-order valence-corrected chi connectivity index (χ0v) is 15.1. The predicted octanol–water partition coefficient (Wildman–Crippen LogP) is -0.440. The number of anilines is 1. The molecule has 3 aliphatic heterocycles. The molecule has 1 spiro atoms. The van der Waals surface area contributed by atoms with Gasteiger partial charge in [-0.05, 0) is 26.3 Å². The van der Waals surface area contributed by atoms with Crippen LogP contribution in [0.2, 0.25) is 0 Å². The Labute approximate surface area is 151 Å². The molecule has 4 rings (SSSR count). The van der Waals surface area contributed by atoms with Crippen LogP contribution >= 0.6 is 0 Å². The summed E-state index contributed by atoms with van der Waals surface area (Å²) in [6.45, 7) is 5.37. The Morgan fingerprint density at radius 3 is 2.58 bits per heavy atom. The zero-order valence-electron chi connectivity index (χ0n) is 15.1. The van der Waals surface area contributed by atoms with Gasteiger partial charge in [-0.15, -0.1) is 0 Å². The first-order valence-electron chi connectivity index (χ1n) is 9.16. The van der Waals surface area contributed by atoms with Gasteiger partial charge in [0.2, 0.25) is 17.4 Å². The second-order valence-electron chi connectivity index (χ2n) is 7.66. The van der Waals surface area contributed by atoms with Gasteiger partial charge in [-0.3, -0.25) is 19.3 Å². The number of quaternary nitrogens is 1. The van der Waals surface area contributed by atoms with Gasteiger partial charge in [-0.1, -0.05) is 25.1 Å². The van der Waals surface area contributed by atoms with E-state index in [1.54, 1.807) is 18.3 Å². The second-order valence-corrected chi connectivity index (χ2v) is 7.66. The third-order valence-electron chi connectivity index (χ3n) is 6.33. The van der Waals surface area contributed by atoms with Crippen molar-refractivity contribution in [3.63, 3.8) is 0 Å². The predicted molar refractivity (Wildman–Crippen MR) is 92.7 cm³/mol. The zero-order chi connectivity index (χ0) is 18.8. The van der Waals surface area contributed by atoms with Crippen molar-refractivity contribution >= 4 is 23.4 Å². The van der Waals surface area contributed by atoms with Crippen LogP contribution in [0.4, 0.5) is 5.69 Å². The summed E-state index contributed by atoms with van der Waals surface area (Å²) in [5, 5.41) is 14.9. The molecule has 26 heavy (non-hydrogen) atoms. The maximum Gasteiger partial charge on any atom is 0.291 e. The highest BCUT2D eigenvalue weighted by atomic mass is 16.3. The van der Waals surface area contributed by atoms with E-state index >= 15 is 0 Å². The van der Waals surface area contributed by atoms with Crippen LogP contribution in [-0.2, 0) is 19.9 Å². The van der Waals surface area contributed by atoms with Crippen LogP contribution in [0.25, 0.3) is 0 Å². The van der Waals surface area contributed by atoms with E-state index in [2.05, 4.69) is 5.32 Å². The first kappa shape index (κ1) is 17.2. The molecule has 138 valence electrons. The average Bonchev–Trinajstić information content (AvgIpc) is 3.20. The van der Waals surface area contributed by atoms with E-state index < -0.39 is 29.5 Å². The Bertz CT molecular complexity index is 808. The molecular formula is C19H24N3O4+. The van der Waals surface area contributed by atoms with Gasteiger partial charge in [0.25, 0.3) is 5.91 Å². The maximum absolute atomic E-state index is 13.3. The molecule has 3 heterocycles. The quantitative estimate of drug-likeness (QED) is 0.637. The minimum Gasteiger partial charge on any atom is -0.387 e. The number of fused-ring (bicyclic) bond motifs is 4. The Kier molecular flexibility index (Phi) is 3.71. The molecule has 0 unspecified atom stereocenters. The van der Waals surface area contributed by atoms with Gasteiger partial charge < -0.3 is 15.7 Å². The van der Waals surface area contributed by atoms with E-state index in [0.29, 0.717) is 12.1 Å². The van der Waals surface area contributed by atoms with E-state index in [9.17, 15) is 19.5 Å². The highest BCUT2D eigenvalue weighted by Gasteiger charge is 2.75. The molecule has 0 aromatic heterocycles. The van der Waals surface area contributed by atoms with Crippen molar-refractivity contribution in [2.24, 2.45) is 11.8 Å². The lowest BCUT2D eigenvalue weighted by atomic mass is 9.76. The number of amides is 3. The largest absolute Gasteiger partial charge is 0.387 e. The van der Waals surface area contributed by atoms with Crippen molar-refractivity contribution in [1.29, 1.82) is 0 Å². The first-order chi connectivity index (χ1) is 12.3. The van der Waals surface area contributed by atoms with Crippen LogP contribution in [0.1, 0.15) is 32.8 Å². The number of hydrogen-bond acceptors (Lipinski definition) is 4. The van der Waals surface area contributed by atoms with Crippen LogP contribution in [0, 0.1) is 11.8 Å². The molecule has 3 aliphatic rings. The lowest BCUT2D eigenvalue weighted by molar-refractivity contribution is -0.738. The van der Waals surface area contributed by atoms with Crippen molar-refractivity contribution in [3.8, 4) is 0 Å². The number of likely N-dealkylation sites (tertiary alicyclic amines) is 1. The number of benzene rings is 1.